The maximum atomic E-state index is 5.51. The number of hydrogen-bond acceptors (Lipinski definition) is 2. The van der Waals surface area contributed by atoms with E-state index in [-0.39, 0.29) is 0 Å². The monoisotopic (exact) mass is 178 g/mol. The molecule has 0 spiro atoms. The average Bonchev–Trinajstić information content (AvgIpc) is 2.14. The fourth-order valence-electron chi connectivity index (χ4n) is 1.34. The molecule has 0 aliphatic rings. The Balaban J connectivity index is 2.13. The van der Waals surface area contributed by atoms with Crippen molar-refractivity contribution >= 4 is 0 Å². The quantitative estimate of drug-likeness (QED) is 0.423. The predicted molar refractivity (Wildman–Crippen MR) is 56.2 cm³/mol. The summed E-state index contributed by atoms with van der Waals surface area (Å²) >= 11 is 0. The summed E-state index contributed by atoms with van der Waals surface area (Å²) in [6.45, 7) is 0.979. The van der Waals surface area contributed by atoms with Crippen LogP contribution in [0.1, 0.15) is 18.4 Å². The van der Waals surface area contributed by atoms with Gasteiger partial charge in [-0.1, -0.05) is 30.3 Å². The Kier molecular flexibility index (Phi) is 4.50. The summed E-state index contributed by atoms with van der Waals surface area (Å²) in [7, 11) is 1.91. The van der Waals surface area contributed by atoms with Crippen molar-refractivity contribution in [3.8, 4) is 0 Å². The smallest absolute Gasteiger partial charge is 0.0125 e. The average molecular weight is 178 g/mol. The molecule has 0 fully saturated rings. The van der Waals surface area contributed by atoms with Crippen LogP contribution in [0.2, 0.25) is 0 Å². The molecule has 0 bridgehead atoms. The predicted octanol–water partition coefficient (Wildman–Crippen LogP) is 1.81. The van der Waals surface area contributed by atoms with Gasteiger partial charge in [0.1, 0.15) is 0 Å². The molecule has 0 saturated heterocycles. The summed E-state index contributed by atoms with van der Waals surface area (Å²) in [6, 6.07) is 10.6. The van der Waals surface area contributed by atoms with E-state index in [1.807, 2.05) is 7.05 Å². The second-order valence-corrected chi connectivity index (χ2v) is 3.42. The lowest BCUT2D eigenvalue weighted by molar-refractivity contribution is 0.339. The van der Waals surface area contributed by atoms with Crippen LogP contribution in [-0.2, 0) is 6.42 Å². The summed E-state index contributed by atoms with van der Waals surface area (Å²) in [5, 5.41) is 1.74. The minimum absolute atomic E-state index is 0.979. The van der Waals surface area contributed by atoms with Gasteiger partial charge in [-0.15, -0.1) is 0 Å². The zero-order chi connectivity index (χ0) is 9.52. The molecule has 0 unspecified atom stereocenters. The number of benzene rings is 1. The van der Waals surface area contributed by atoms with E-state index in [4.69, 9.17) is 5.84 Å². The van der Waals surface area contributed by atoms with Crippen molar-refractivity contribution in [2.75, 3.05) is 13.6 Å². The van der Waals surface area contributed by atoms with Crippen molar-refractivity contribution < 1.29 is 0 Å². The van der Waals surface area contributed by atoms with E-state index in [9.17, 15) is 0 Å². The van der Waals surface area contributed by atoms with Crippen molar-refractivity contribution in [3.63, 3.8) is 0 Å². The van der Waals surface area contributed by atoms with Crippen LogP contribution in [0.4, 0.5) is 0 Å². The van der Waals surface area contributed by atoms with Crippen molar-refractivity contribution in [1.29, 1.82) is 0 Å². The van der Waals surface area contributed by atoms with E-state index < -0.39 is 0 Å². The molecular formula is C11H18N2. The number of nitrogens with zero attached hydrogens (tertiary/aromatic N) is 1. The van der Waals surface area contributed by atoms with E-state index >= 15 is 0 Å². The van der Waals surface area contributed by atoms with Crippen LogP contribution in [0, 0.1) is 0 Å². The molecule has 72 valence electrons. The number of aryl methyl sites for hydroxylation is 1. The van der Waals surface area contributed by atoms with Gasteiger partial charge in [-0.3, -0.25) is 10.9 Å². The highest BCUT2D eigenvalue weighted by molar-refractivity contribution is 5.14. The minimum Gasteiger partial charge on any atom is -0.269 e. The molecule has 0 aliphatic carbocycles. The van der Waals surface area contributed by atoms with Crippen LogP contribution in [0.5, 0.6) is 0 Å². The first-order valence-corrected chi connectivity index (χ1v) is 4.79. The Morgan fingerprint density at radius 1 is 1.15 bits per heavy atom. The molecule has 0 amide bonds. The molecule has 2 nitrogen and oxygen atoms in total. The fraction of sp³-hybridized carbons (Fsp3) is 0.455. The number of unbranched alkanes of at least 4 members (excludes halogenated alkanes) is 1. The number of hydrogen-bond donors (Lipinski definition) is 1. The highest BCUT2D eigenvalue weighted by Crippen LogP contribution is 2.04. The lowest BCUT2D eigenvalue weighted by Gasteiger charge is -2.08. The van der Waals surface area contributed by atoms with Gasteiger partial charge in [-0.2, -0.15) is 0 Å². The Labute approximate surface area is 80.3 Å². The van der Waals surface area contributed by atoms with Crippen LogP contribution in [-0.4, -0.2) is 18.6 Å². The van der Waals surface area contributed by atoms with Crippen LogP contribution < -0.4 is 5.84 Å². The van der Waals surface area contributed by atoms with Gasteiger partial charge < -0.3 is 0 Å². The van der Waals surface area contributed by atoms with Gasteiger partial charge in [0.25, 0.3) is 0 Å². The topological polar surface area (TPSA) is 29.3 Å². The van der Waals surface area contributed by atoms with Gasteiger partial charge in [0.15, 0.2) is 0 Å². The summed E-state index contributed by atoms with van der Waals surface area (Å²) in [5.41, 5.74) is 1.42. The Morgan fingerprint density at radius 3 is 2.46 bits per heavy atom. The van der Waals surface area contributed by atoms with Gasteiger partial charge in [-0.25, -0.2) is 0 Å². The summed E-state index contributed by atoms with van der Waals surface area (Å²) < 4.78 is 0. The number of hydrazine groups is 1. The molecule has 1 rings (SSSR count). The highest BCUT2D eigenvalue weighted by Gasteiger charge is 1.93. The first-order valence-electron chi connectivity index (χ1n) is 4.79. The zero-order valence-electron chi connectivity index (χ0n) is 8.24. The second kappa shape index (κ2) is 5.73. The Hall–Kier alpha value is -0.860. The fourth-order valence-corrected chi connectivity index (χ4v) is 1.34. The van der Waals surface area contributed by atoms with Gasteiger partial charge in [-0.05, 0) is 24.8 Å². The molecule has 0 aromatic heterocycles. The summed E-state index contributed by atoms with van der Waals surface area (Å²) in [5.74, 6) is 5.51. The maximum absolute atomic E-state index is 5.51. The largest absolute Gasteiger partial charge is 0.269 e. The maximum Gasteiger partial charge on any atom is 0.0125 e. The zero-order valence-corrected chi connectivity index (χ0v) is 8.24. The Bertz CT molecular complexity index is 219. The van der Waals surface area contributed by atoms with Crippen molar-refractivity contribution in [1.82, 2.24) is 5.01 Å². The van der Waals surface area contributed by atoms with Crippen LogP contribution in [0.15, 0.2) is 30.3 Å². The van der Waals surface area contributed by atoms with Gasteiger partial charge in [0, 0.05) is 13.6 Å². The summed E-state index contributed by atoms with van der Waals surface area (Å²) in [6.07, 6.45) is 3.54. The molecule has 1 aromatic rings. The molecule has 0 saturated carbocycles. The van der Waals surface area contributed by atoms with Crippen molar-refractivity contribution in [3.05, 3.63) is 35.9 Å². The normalized spacial score (nSPS) is 10.7. The third-order valence-corrected chi connectivity index (χ3v) is 2.07. The van der Waals surface area contributed by atoms with E-state index in [1.54, 1.807) is 5.01 Å². The molecular weight excluding hydrogens is 160 g/mol. The molecule has 0 atom stereocenters. The molecule has 0 aliphatic heterocycles. The molecule has 1 aromatic carbocycles. The van der Waals surface area contributed by atoms with Gasteiger partial charge in [0.05, 0.1) is 0 Å². The van der Waals surface area contributed by atoms with Gasteiger partial charge >= 0.3 is 0 Å². The molecule has 0 heterocycles. The number of rotatable bonds is 5. The third kappa shape index (κ3) is 4.65. The highest BCUT2D eigenvalue weighted by atomic mass is 15.4. The first kappa shape index (κ1) is 10.2. The van der Waals surface area contributed by atoms with E-state index in [0.29, 0.717) is 0 Å². The standard InChI is InChI=1S/C11H18N2/c1-13(12)10-6-5-9-11-7-3-2-4-8-11/h2-4,7-8H,5-6,9-10,12H2,1H3. The van der Waals surface area contributed by atoms with Crippen molar-refractivity contribution in [2.45, 2.75) is 19.3 Å². The van der Waals surface area contributed by atoms with E-state index in [2.05, 4.69) is 30.3 Å². The third-order valence-electron chi connectivity index (χ3n) is 2.07. The van der Waals surface area contributed by atoms with E-state index in [0.717, 1.165) is 13.0 Å². The Morgan fingerprint density at radius 2 is 1.85 bits per heavy atom. The van der Waals surface area contributed by atoms with Crippen molar-refractivity contribution in [2.24, 2.45) is 5.84 Å². The van der Waals surface area contributed by atoms with E-state index in [1.165, 1.54) is 18.4 Å². The first-order chi connectivity index (χ1) is 6.29. The molecule has 13 heavy (non-hydrogen) atoms. The lowest BCUT2D eigenvalue weighted by Crippen LogP contribution is -2.26. The van der Waals surface area contributed by atoms with Crippen LogP contribution >= 0.6 is 0 Å². The molecule has 2 heteroatoms. The SMILES string of the molecule is CN(N)CCCCc1ccccc1. The molecule has 2 N–H and O–H groups in total. The van der Waals surface area contributed by atoms with Crippen LogP contribution in [0.25, 0.3) is 0 Å². The van der Waals surface area contributed by atoms with Crippen LogP contribution in [0.3, 0.4) is 0 Å². The summed E-state index contributed by atoms with van der Waals surface area (Å²) in [4.78, 5) is 0. The lowest BCUT2D eigenvalue weighted by atomic mass is 10.1. The minimum atomic E-state index is 0.979. The number of nitrogens with two attached hydrogens (primary N) is 1. The second-order valence-electron chi connectivity index (χ2n) is 3.42. The molecule has 0 radical (unpaired) electrons. The van der Waals surface area contributed by atoms with Gasteiger partial charge in [0.2, 0.25) is 0 Å².